The lowest BCUT2D eigenvalue weighted by atomic mass is 10.1. The van der Waals surface area contributed by atoms with Gasteiger partial charge in [0.15, 0.2) is 0 Å². The van der Waals surface area contributed by atoms with Crippen LogP contribution in [0.4, 0.5) is 0 Å². The van der Waals surface area contributed by atoms with Crippen molar-refractivity contribution in [2.75, 3.05) is 6.16 Å². The van der Waals surface area contributed by atoms with Gasteiger partial charge >= 0.3 is 0 Å². The highest BCUT2D eigenvalue weighted by atomic mass is 35.5. The number of unbranched alkanes of at least 4 members (excludes halogenated alkanes) is 12. The molecule has 1 unspecified atom stereocenters. The monoisotopic (exact) mass is 280 g/mol. The van der Waals surface area contributed by atoms with Gasteiger partial charge in [-0.1, -0.05) is 84.0 Å². The summed E-state index contributed by atoms with van der Waals surface area (Å²) < 4.78 is 0. The maximum absolute atomic E-state index is 2.82. The normalized spacial score (nSPS) is 10.2. The predicted octanol–water partition coefficient (Wildman–Crippen LogP) is 6.37. The van der Waals surface area contributed by atoms with Gasteiger partial charge in [-0.25, -0.2) is 0 Å². The van der Waals surface area contributed by atoms with Crippen LogP contribution in [0.15, 0.2) is 0 Å². The Labute approximate surface area is 118 Å². The second-order valence-electron chi connectivity index (χ2n) is 5.03. The van der Waals surface area contributed by atoms with E-state index in [1.165, 1.54) is 89.6 Å². The Morgan fingerprint density at radius 1 is 0.529 bits per heavy atom. The lowest BCUT2D eigenvalue weighted by Gasteiger charge is -2.02. The molecule has 0 spiro atoms. The van der Waals surface area contributed by atoms with Crippen molar-refractivity contribution in [2.24, 2.45) is 0 Å². The van der Waals surface area contributed by atoms with Crippen molar-refractivity contribution in [1.29, 1.82) is 0 Å². The van der Waals surface area contributed by atoms with Crippen LogP contribution >= 0.6 is 21.6 Å². The zero-order chi connectivity index (χ0) is 11.9. The molecule has 0 aliphatic rings. The fourth-order valence-electron chi connectivity index (χ4n) is 2.16. The minimum Gasteiger partial charge on any atom is -0.147 e. The van der Waals surface area contributed by atoms with E-state index in [4.69, 9.17) is 0 Å². The van der Waals surface area contributed by atoms with Crippen molar-refractivity contribution in [2.45, 2.75) is 90.4 Å². The van der Waals surface area contributed by atoms with Crippen LogP contribution in [0.2, 0.25) is 0 Å². The second kappa shape index (κ2) is 19.1. The third kappa shape index (κ3) is 19.2. The van der Waals surface area contributed by atoms with Gasteiger partial charge in [0.25, 0.3) is 0 Å². The van der Waals surface area contributed by atoms with Crippen molar-refractivity contribution in [3.05, 3.63) is 0 Å². The molecule has 0 fully saturated rings. The summed E-state index contributed by atoms with van der Waals surface area (Å²) in [7, 11) is 2.82. The van der Waals surface area contributed by atoms with Crippen LogP contribution in [-0.4, -0.2) is 6.16 Å². The van der Waals surface area contributed by atoms with Gasteiger partial charge in [-0.05, 0) is 12.6 Å². The molecule has 0 aromatic rings. The molecule has 2 heteroatoms. The Hall–Kier alpha value is 0.720. The molecule has 0 aromatic heterocycles. The van der Waals surface area contributed by atoms with Crippen LogP contribution in [0.25, 0.3) is 0 Å². The summed E-state index contributed by atoms with van der Waals surface area (Å²) in [6.07, 6.45) is 20.2. The van der Waals surface area contributed by atoms with Gasteiger partial charge in [-0.2, -0.15) is 0 Å². The Morgan fingerprint density at radius 2 is 0.824 bits per heavy atom. The van der Waals surface area contributed by atoms with Crippen LogP contribution in [0, 0.1) is 0 Å². The first-order chi connectivity index (χ1) is 7.91. The average molecular weight is 281 g/mol. The van der Waals surface area contributed by atoms with E-state index in [1.807, 2.05) is 0 Å². The van der Waals surface area contributed by atoms with E-state index < -0.39 is 0 Å². The quantitative estimate of drug-likeness (QED) is 0.271. The topological polar surface area (TPSA) is 0 Å². The molecule has 0 N–H and O–H groups in total. The third-order valence-electron chi connectivity index (χ3n) is 3.31. The molecule has 0 aromatic carbocycles. The van der Waals surface area contributed by atoms with Crippen LogP contribution < -0.4 is 0 Å². The Morgan fingerprint density at radius 3 is 1.12 bits per heavy atom. The summed E-state index contributed by atoms with van der Waals surface area (Å²) in [6.45, 7) is 2.29. The molecule has 0 aliphatic carbocycles. The Bertz CT molecular complexity index is 103. The highest BCUT2D eigenvalue weighted by molar-refractivity contribution is 7.16. The molecule has 0 nitrogen and oxygen atoms in total. The summed E-state index contributed by atoms with van der Waals surface area (Å²) in [5.74, 6) is 0. The van der Waals surface area contributed by atoms with Gasteiger partial charge in [0.1, 0.15) is 0 Å². The van der Waals surface area contributed by atoms with Gasteiger partial charge in [-0.15, -0.1) is 21.6 Å². The fourth-order valence-corrected chi connectivity index (χ4v) is 2.45. The molecule has 0 amide bonds. The summed E-state index contributed by atoms with van der Waals surface area (Å²) >= 11 is 0. The lowest BCUT2D eigenvalue weighted by Crippen LogP contribution is -1.83. The van der Waals surface area contributed by atoms with Crippen LogP contribution in [0.3, 0.4) is 0 Å². The van der Waals surface area contributed by atoms with Crippen LogP contribution in [0.1, 0.15) is 90.4 Å². The molecule has 17 heavy (non-hydrogen) atoms. The molecule has 0 rings (SSSR count). The Balaban J connectivity index is 0. The highest BCUT2D eigenvalue weighted by Crippen LogP contribution is 2.12. The van der Waals surface area contributed by atoms with E-state index in [1.54, 1.807) is 0 Å². The van der Waals surface area contributed by atoms with Crippen molar-refractivity contribution in [3.63, 3.8) is 0 Å². The van der Waals surface area contributed by atoms with E-state index in [0.29, 0.717) is 0 Å². The lowest BCUT2D eigenvalue weighted by molar-refractivity contribution is 0.543. The van der Waals surface area contributed by atoms with Crippen molar-refractivity contribution >= 4 is 21.6 Å². The van der Waals surface area contributed by atoms with Gasteiger partial charge in [0.2, 0.25) is 0 Å². The highest BCUT2D eigenvalue weighted by Gasteiger charge is 1.92. The van der Waals surface area contributed by atoms with E-state index in [2.05, 4.69) is 16.2 Å². The molecule has 0 heterocycles. The molecule has 0 saturated heterocycles. The molecule has 106 valence electrons. The average Bonchev–Trinajstić information content (AvgIpc) is 2.31. The van der Waals surface area contributed by atoms with E-state index >= 15 is 0 Å². The first kappa shape index (κ1) is 20.0. The van der Waals surface area contributed by atoms with Gasteiger partial charge in [0.05, 0.1) is 0 Å². The van der Waals surface area contributed by atoms with E-state index in [-0.39, 0.29) is 12.4 Å². The van der Waals surface area contributed by atoms with Gasteiger partial charge in [0, 0.05) is 0 Å². The largest absolute Gasteiger partial charge is 0.147 e. The van der Waals surface area contributed by atoms with Crippen molar-refractivity contribution in [3.8, 4) is 0 Å². The molecule has 0 bridgehead atoms. The van der Waals surface area contributed by atoms with Crippen LogP contribution in [-0.2, 0) is 0 Å². The summed E-state index contributed by atoms with van der Waals surface area (Å²) in [5.41, 5.74) is 0. The second-order valence-corrected chi connectivity index (χ2v) is 5.61. The zero-order valence-corrected chi connectivity index (χ0v) is 13.9. The molecular weight excluding hydrogens is 247 g/mol. The first-order valence-corrected chi connectivity index (χ1v) is 8.43. The maximum Gasteiger partial charge on any atom is -0.0381 e. The minimum atomic E-state index is 0. The maximum atomic E-state index is 2.82. The van der Waals surface area contributed by atoms with Gasteiger partial charge < -0.3 is 0 Å². The number of halogens is 1. The standard InChI is InChI=1S/C15H33P.ClH/c1-2-3-4-5-6-7-8-9-10-11-12-13-14-15-16;/h2-16H2,1H3;1H. The summed E-state index contributed by atoms with van der Waals surface area (Å²) in [5, 5.41) is 0. The van der Waals surface area contributed by atoms with E-state index in [9.17, 15) is 0 Å². The predicted molar refractivity (Wildman–Crippen MR) is 87.5 cm³/mol. The zero-order valence-electron chi connectivity index (χ0n) is 11.9. The smallest absolute Gasteiger partial charge is 0.0381 e. The third-order valence-corrected chi connectivity index (χ3v) is 3.72. The molecule has 0 aliphatic heterocycles. The summed E-state index contributed by atoms with van der Waals surface area (Å²) in [4.78, 5) is 0. The molecule has 0 radical (unpaired) electrons. The fraction of sp³-hybridized carbons (Fsp3) is 1.00. The molecule has 1 atom stereocenters. The number of hydrogen-bond donors (Lipinski definition) is 0. The number of hydrogen-bond acceptors (Lipinski definition) is 0. The Kier molecular flexibility index (Phi) is 22.5. The van der Waals surface area contributed by atoms with E-state index in [0.717, 1.165) is 0 Å². The van der Waals surface area contributed by atoms with Crippen molar-refractivity contribution < 1.29 is 0 Å². The molecular formula is C15H34ClP. The minimum absolute atomic E-state index is 0. The van der Waals surface area contributed by atoms with Crippen LogP contribution in [0.5, 0.6) is 0 Å². The molecule has 0 saturated carbocycles. The van der Waals surface area contributed by atoms with Gasteiger partial charge in [-0.3, -0.25) is 0 Å². The number of rotatable bonds is 13. The first-order valence-electron chi connectivity index (χ1n) is 7.62. The SMILES string of the molecule is CCCCCCCCCCCCCCCP.Cl. The summed E-state index contributed by atoms with van der Waals surface area (Å²) in [6, 6.07) is 0. The van der Waals surface area contributed by atoms with Crippen molar-refractivity contribution in [1.82, 2.24) is 0 Å².